The Morgan fingerprint density at radius 1 is 1.06 bits per heavy atom. The van der Waals surface area contributed by atoms with E-state index in [0.29, 0.717) is 17.2 Å². The van der Waals surface area contributed by atoms with Gasteiger partial charge in [0.25, 0.3) is 5.91 Å². The number of rotatable bonds is 9. The summed E-state index contributed by atoms with van der Waals surface area (Å²) < 4.78 is 0. The number of fused-ring (bicyclic) bond motifs is 2. The second-order valence-electron chi connectivity index (χ2n) is 8.88. The minimum atomic E-state index is -0.173. The number of aromatic amines is 2. The van der Waals surface area contributed by atoms with Crippen LogP contribution in [0.25, 0.3) is 21.9 Å². The van der Waals surface area contributed by atoms with Gasteiger partial charge in [0.05, 0.1) is 34.0 Å². The van der Waals surface area contributed by atoms with Crippen LogP contribution in [0.3, 0.4) is 0 Å². The zero-order valence-electron chi connectivity index (χ0n) is 20.7. The van der Waals surface area contributed by atoms with E-state index in [2.05, 4.69) is 49.5 Å². The summed E-state index contributed by atoms with van der Waals surface area (Å²) in [7, 11) is 0. The number of nitrogens with one attached hydrogen (secondary N) is 4. The molecule has 3 heterocycles. The molecule has 3 aromatic heterocycles. The van der Waals surface area contributed by atoms with Crippen LogP contribution >= 0.6 is 0 Å². The second-order valence-corrected chi connectivity index (χ2v) is 8.88. The molecule has 4 N–H and O–H groups in total. The number of pyridine rings is 1. The number of aromatic nitrogens is 5. The van der Waals surface area contributed by atoms with E-state index in [4.69, 9.17) is 4.98 Å². The molecule has 0 aliphatic heterocycles. The molecule has 184 valence electrons. The third-order valence-corrected chi connectivity index (χ3v) is 6.12. The fourth-order valence-corrected chi connectivity index (χ4v) is 4.38. The van der Waals surface area contributed by atoms with Gasteiger partial charge in [0.1, 0.15) is 5.82 Å². The van der Waals surface area contributed by atoms with Crippen molar-refractivity contribution in [2.75, 3.05) is 28.6 Å². The Kier molecular flexibility index (Phi) is 6.53. The normalized spacial score (nSPS) is 11.2. The van der Waals surface area contributed by atoms with Crippen LogP contribution in [0.4, 0.5) is 23.1 Å². The number of nitrogens with zero attached hydrogens (tertiary/aromatic N) is 4. The van der Waals surface area contributed by atoms with E-state index in [1.165, 1.54) is 0 Å². The van der Waals surface area contributed by atoms with Gasteiger partial charge in [-0.25, -0.2) is 9.97 Å². The zero-order valence-corrected chi connectivity index (χ0v) is 20.7. The number of anilines is 4. The van der Waals surface area contributed by atoms with Crippen LogP contribution in [0, 0.1) is 6.92 Å². The largest absolute Gasteiger partial charge is 0.371 e. The van der Waals surface area contributed by atoms with Crippen LogP contribution in [-0.4, -0.2) is 44.1 Å². The molecule has 0 unspecified atom stereocenters. The van der Waals surface area contributed by atoms with Crippen molar-refractivity contribution >= 4 is 51.0 Å². The Balaban J connectivity index is 1.53. The monoisotopic (exact) mass is 482 g/mol. The van der Waals surface area contributed by atoms with Gasteiger partial charge in [0.2, 0.25) is 5.95 Å². The van der Waals surface area contributed by atoms with Gasteiger partial charge in [-0.2, -0.15) is 5.10 Å². The van der Waals surface area contributed by atoms with Gasteiger partial charge in [0, 0.05) is 30.4 Å². The number of hydrogen-bond acceptors (Lipinski definition) is 6. The highest BCUT2D eigenvalue weighted by Crippen LogP contribution is 2.30. The zero-order chi connectivity index (χ0) is 25.1. The molecule has 0 aliphatic rings. The van der Waals surface area contributed by atoms with Gasteiger partial charge in [-0.15, -0.1) is 0 Å². The summed E-state index contributed by atoms with van der Waals surface area (Å²) in [5, 5.41) is 14.3. The quantitative estimate of drug-likeness (QED) is 0.212. The summed E-state index contributed by atoms with van der Waals surface area (Å²) in [6, 6.07) is 13.5. The number of imidazole rings is 1. The molecule has 9 nitrogen and oxygen atoms in total. The molecule has 36 heavy (non-hydrogen) atoms. The topological polar surface area (TPSA) is 115 Å². The van der Waals surface area contributed by atoms with Gasteiger partial charge in [0.15, 0.2) is 0 Å². The number of hydrogen-bond donors (Lipinski definition) is 4. The number of carbonyl (C=O) groups is 1. The number of carbonyl (C=O) groups excluding carboxylic acids is 1. The first-order chi connectivity index (χ1) is 17.6. The van der Waals surface area contributed by atoms with Crippen molar-refractivity contribution in [3.8, 4) is 0 Å². The minimum Gasteiger partial charge on any atom is -0.371 e. The highest BCUT2D eigenvalue weighted by atomic mass is 16.1. The lowest BCUT2D eigenvalue weighted by Crippen LogP contribution is -2.28. The van der Waals surface area contributed by atoms with E-state index < -0.39 is 0 Å². The molecule has 0 bridgehead atoms. The SMILES string of the molecule is CCCN(CCC)c1cc2nc(Nc3ncccc3C)[nH]c2cc1C(=O)Nc1ccc2cn[nH]c2c1. The highest BCUT2D eigenvalue weighted by molar-refractivity contribution is 6.11. The average Bonchev–Trinajstić information content (AvgIpc) is 3.50. The first-order valence-electron chi connectivity index (χ1n) is 12.3. The van der Waals surface area contributed by atoms with Gasteiger partial charge in [-0.1, -0.05) is 19.9 Å². The van der Waals surface area contributed by atoms with Gasteiger partial charge < -0.3 is 20.5 Å². The Hall–Kier alpha value is -4.40. The molecule has 1 amide bonds. The van der Waals surface area contributed by atoms with Crippen LogP contribution in [0.1, 0.15) is 42.6 Å². The summed E-state index contributed by atoms with van der Waals surface area (Å²) in [5.74, 6) is 1.15. The minimum absolute atomic E-state index is 0.173. The Morgan fingerprint density at radius 3 is 2.67 bits per heavy atom. The van der Waals surface area contributed by atoms with Gasteiger partial charge in [-0.3, -0.25) is 9.89 Å². The van der Waals surface area contributed by atoms with E-state index in [1.54, 1.807) is 12.4 Å². The molecule has 0 saturated heterocycles. The summed E-state index contributed by atoms with van der Waals surface area (Å²) in [6.07, 6.45) is 5.45. The van der Waals surface area contributed by atoms with E-state index in [0.717, 1.165) is 64.9 Å². The Morgan fingerprint density at radius 2 is 1.89 bits per heavy atom. The molecule has 5 rings (SSSR count). The smallest absolute Gasteiger partial charge is 0.257 e. The first kappa shape index (κ1) is 23.3. The standard InChI is InChI=1S/C27H30N8O/c1-4-11-35(12-5-2)24-15-23-22(31-27(32-23)33-25-17(3)7-6-10-28-25)14-20(24)26(36)30-19-9-8-18-16-29-34-21(18)13-19/h6-10,13-16H,4-5,11-12H2,1-3H3,(H,29,34)(H,30,36)(H2,28,31,32,33). The van der Waals surface area contributed by atoms with Crippen molar-refractivity contribution in [2.24, 2.45) is 0 Å². The lowest BCUT2D eigenvalue weighted by Gasteiger charge is -2.26. The first-order valence-corrected chi connectivity index (χ1v) is 12.3. The van der Waals surface area contributed by atoms with Gasteiger partial charge in [-0.05, 0) is 61.7 Å². The van der Waals surface area contributed by atoms with Crippen LogP contribution in [0.5, 0.6) is 0 Å². The van der Waals surface area contributed by atoms with E-state index in [1.807, 2.05) is 49.4 Å². The molecule has 0 aliphatic carbocycles. The van der Waals surface area contributed by atoms with Crippen LogP contribution in [0.2, 0.25) is 0 Å². The van der Waals surface area contributed by atoms with Crippen molar-refractivity contribution in [1.82, 2.24) is 25.1 Å². The summed E-state index contributed by atoms with van der Waals surface area (Å²) in [6.45, 7) is 7.98. The maximum Gasteiger partial charge on any atom is 0.257 e. The van der Waals surface area contributed by atoms with E-state index in [-0.39, 0.29) is 5.91 Å². The molecular weight excluding hydrogens is 452 g/mol. The molecular formula is C27H30N8O. The average molecular weight is 483 g/mol. The molecule has 0 spiro atoms. The molecule has 9 heteroatoms. The molecule has 0 fully saturated rings. The molecule has 0 saturated carbocycles. The van der Waals surface area contributed by atoms with Crippen molar-refractivity contribution in [3.63, 3.8) is 0 Å². The molecule has 2 aromatic carbocycles. The summed E-state index contributed by atoms with van der Waals surface area (Å²) >= 11 is 0. The lowest BCUT2D eigenvalue weighted by atomic mass is 10.1. The fourth-order valence-electron chi connectivity index (χ4n) is 4.38. The van der Waals surface area contributed by atoms with E-state index in [9.17, 15) is 4.79 Å². The number of H-pyrrole nitrogens is 2. The number of aryl methyl sites for hydroxylation is 1. The fraction of sp³-hybridized carbons (Fsp3) is 0.259. The van der Waals surface area contributed by atoms with Crippen molar-refractivity contribution in [1.29, 1.82) is 0 Å². The lowest BCUT2D eigenvalue weighted by molar-refractivity contribution is 0.102. The van der Waals surface area contributed by atoms with E-state index >= 15 is 0 Å². The number of benzene rings is 2. The summed E-state index contributed by atoms with van der Waals surface area (Å²) in [5.41, 5.74) is 5.63. The van der Waals surface area contributed by atoms with Crippen molar-refractivity contribution in [3.05, 3.63) is 66.0 Å². The molecule has 0 atom stereocenters. The second kappa shape index (κ2) is 10.1. The van der Waals surface area contributed by atoms with Crippen molar-refractivity contribution in [2.45, 2.75) is 33.6 Å². The maximum atomic E-state index is 13.6. The predicted octanol–water partition coefficient (Wildman–Crippen LogP) is 5.76. The maximum absolute atomic E-state index is 13.6. The number of amides is 1. The Labute approximate surface area is 209 Å². The highest BCUT2D eigenvalue weighted by Gasteiger charge is 2.20. The van der Waals surface area contributed by atoms with Crippen molar-refractivity contribution < 1.29 is 4.79 Å². The van der Waals surface area contributed by atoms with Gasteiger partial charge >= 0.3 is 0 Å². The van der Waals surface area contributed by atoms with Crippen LogP contribution in [0.15, 0.2) is 54.9 Å². The molecule has 5 aromatic rings. The van der Waals surface area contributed by atoms with Crippen LogP contribution in [-0.2, 0) is 0 Å². The third-order valence-electron chi connectivity index (χ3n) is 6.12. The van der Waals surface area contributed by atoms with Crippen LogP contribution < -0.4 is 15.5 Å². The predicted molar refractivity (Wildman–Crippen MR) is 145 cm³/mol. The third kappa shape index (κ3) is 4.72. The Bertz CT molecular complexity index is 1510. The summed E-state index contributed by atoms with van der Waals surface area (Å²) in [4.78, 5) is 28.3. The molecule has 0 radical (unpaired) electrons.